The third-order valence-corrected chi connectivity index (χ3v) is 7.14. The summed E-state index contributed by atoms with van der Waals surface area (Å²) in [5.74, 6) is 3.41. The van der Waals surface area contributed by atoms with Crippen LogP contribution < -0.4 is 0 Å². The van der Waals surface area contributed by atoms with Gasteiger partial charge in [-0.2, -0.15) is 11.8 Å². The van der Waals surface area contributed by atoms with Gasteiger partial charge in [0.15, 0.2) is 0 Å². The standard InChI is InChI=1S/C29H52O2S/c1-4-29(31-25-28-20-15-13-16-21-28)26-30-22-18-24-32-23-17-12-10-8-6-5-7-9-11-14-19-27(2)3/h13,15-16,20-21,27,29H,4-12,14,17-19,22-26H2,1-3H3. The molecule has 32 heavy (non-hydrogen) atoms. The predicted octanol–water partition coefficient (Wildman–Crippen LogP) is 9.07. The van der Waals surface area contributed by atoms with Gasteiger partial charge in [-0.15, -0.1) is 0 Å². The molecule has 0 aliphatic heterocycles. The minimum atomic E-state index is 0.202. The highest BCUT2D eigenvalue weighted by Gasteiger charge is 2.07. The van der Waals surface area contributed by atoms with E-state index in [1.165, 1.54) is 87.7 Å². The molecule has 0 aliphatic carbocycles. The summed E-state index contributed by atoms with van der Waals surface area (Å²) < 4.78 is 11.8. The molecule has 0 aliphatic rings. The fraction of sp³-hybridized carbons (Fsp3) is 0.793. The minimum absolute atomic E-state index is 0.202. The number of thioether (sulfide) groups is 1. The maximum atomic E-state index is 5.98. The molecule has 0 N–H and O–H groups in total. The van der Waals surface area contributed by atoms with Gasteiger partial charge in [0.05, 0.1) is 19.3 Å². The van der Waals surface area contributed by atoms with E-state index in [-0.39, 0.29) is 6.10 Å². The van der Waals surface area contributed by atoms with Gasteiger partial charge >= 0.3 is 0 Å². The van der Waals surface area contributed by atoms with E-state index in [0.717, 1.165) is 25.4 Å². The zero-order chi connectivity index (χ0) is 23.1. The first-order valence-electron chi connectivity index (χ1n) is 13.5. The Hall–Kier alpha value is -0.510. The van der Waals surface area contributed by atoms with Crippen molar-refractivity contribution >= 4 is 11.8 Å². The third-order valence-electron chi connectivity index (χ3n) is 5.99. The van der Waals surface area contributed by atoms with E-state index >= 15 is 0 Å². The topological polar surface area (TPSA) is 18.5 Å². The van der Waals surface area contributed by atoms with Gasteiger partial charge in [-0.25, -0.2) is 0 Å². The van der Waals surface area contributed by atoms with Crippen molar-refractivity contribution < 1.29 is 9.47 Å². The Labute approximate surface area is 204 Å². The molecule has 1 aromatic rings. The summed E-state index contributed by atoms with van der Waals surface area (Å²) >= 11 is 2.10. The van der Waals surface area contributed by atoms with Crippen molar-refractivity contribution in [3.05, 3.63) is 35.9 Å². The maximum Gasteiger partial charge on any atom is 0.0810 e. The van der Waals surface area contributed by atoms with Crippen molar-refractivity contribution in [1.82, 2.24) is 0 Å². The summed E-state index contributed by atoms with van der Waals surface area (Å²) in [4.78, 5) is 0. The van der Waals surface area contributed by atoms with Gasteiger partial charge in [0.2, 0.25) is 0 Å². The molecule has 0 saturated carbocycles. The molecule has 0 amide bonds. The average Bonchev–Trinajstić information content (AvgIpc) is 2.80. The van der Waals surface area contributed by atoms with Gasteiger partial charge in [0.25, 0.3) is 0 Å². The Morgan fingerprint density at radius 3 is 1.97 bits per heavy atom. The highest BCUT2D eigenvalue weighted by Crippen LogP contribution is 2.14. The SMILES string of the molecule is CCC(COCCCSCCCCCCCCCCCCC(C)C)OCc1ccccc1. The molecule has 1 atom stereocenters. The van der Waals surface area contributed by atoms with Crippen LogP contribution in [-0.4, -0.2) is 30.8 Å². The molecule has 0 radical (unpaired) electrons. The lowest BCUT2D eigenvalue weighted by Crippen LogP contribution is -2.19. The van der Waals surface area contributed by atoms with Crippen LogP contribution in [0.4, 0.5) is 0 Å². The molecular formula is C29H52O2S. The molecule has 0 bridgehead atoms. The van der Waals surface area contributed by atoms with E-state index in [4.69, 9.17) is 9.47 Å². The van der Waals surface area contributed by atoms with Crippen LogP contribution >= 0.6 is 11.8 Å². The largest absolute Gasteiger partial charge is 0.379 e. The predicted molar refractivity (Wildman–Crippen MR) is 144 cm³/mol. The van der Waals surface area contributed by atoms with E-state index in [2.05, 4.69) is 56.8 Å². The molecule has 0 aromatic heterocycles. The molecule has 0 saturated heterocycles. The second-order valence-corrected chi connectivity index (χ2v) is 10.8. The number of unbranched alkanes of at least 4 members (excludes halogenated alkanes) is 9. The average molecular weight is 465 g/mol. The monoisotopic (exact) mass is 464 g/mol. The van der Waals surface area contributed by atoms with Gasteiger partial charge in [-0.3, -0.25) is 0 Å². The van der Waals surface area contributed by atoms with E-state index in [9.17, 15) is 0 Å². The normalized spacial score (nSPS) is 12.5. The van der Waals surface area contributed by atoms with Crippen molar-refractivity contribution in [2.75, 3.05) is 24.7 Å². The Kier molecular flexibility index (Phi) is 20.6. The summed E-state index contributed by atoms with van der Waals surface area (Å²) in [7, 11) is 0. The van der Waals surface area contributed by atoms with Crippen LogP contribution in [0.3, 0.4) is 0 Å². The number of rotatable bonds is 23. The third kappa shape index (κ3) is 19.0. The highest BCUT2D eigenvalue weighted by atomic mass is 32.2. The smallest absolute Gasteiger partial charge is 0.0810 e. The molecular weight excluding hydrogens is 412 g/mol. The minimum Gasteiger partial charge on any atom is -0.379 e. The zero-order valence-corrected chi connectivity index (χ0v) is 22.3. The van der Waals surface area contributed by atoms with Crippen LogP contribution in [0, 0.1) is 5.92 Å². The van der Waals surface area contributed by atoms with Gasteiger partial charge < -0.3 is 9.47 Å². The molecule has 1 unspecified atom stereocenters. The summed E-state index contributed by atoms with van der Waals surface area (Å²) in [6.07, 6.45) is 18.1. The van der Waals surface area contributed by atoms with Crippen molar-refractivity contribution in [2.24, 2.45) is 5.92 Å². The molecule has 3 heteroatoms. The highest BCUT2D eigenvalue weighted by molar-refractivity contribution is 7.99. The van der Waals surface area contributed by atoms with Crippen molar-refractivity contribution in [1.29, 1.82) is 0 Å². The number of hydrogen-bond donors (Lipinski definition) is 0. The Morgan fingerprint density at radius 2 is 1.34 bits per heavy atom. The van der Waals surface area contributed by atoms with Gasteiger partial charge in [-0.1, -0.05) is 115 Å². The molecule has 1 rings (SSSR count). The van der Waals surface area contributed by atoms with Crippen LogP contribution in [0.15, 0.2) is 30.3 Å². The summed E-state index contributed by atoms with van der Waals surface area (Å²) in [6.45, 7) is 9.09. The van der Waals surface area contributed by atoms with E-state index in [1.807, 2.05) is 6.07 Å². The van der Waals surface area contributed by atoms with Crippen LogP contribution in [0.25, 0.3) is 0 Å². The van der Waals surface area contributed by atoms with Crippen molar-refractivity contribution in [2.45, 2.75) is 117 Å². The number of ether oxygens (including phenoxy) is 2. The lowest BCUT2D eigenvalue weighted by Gasteiger charge is -2.16. The first-order valence-corrected chi connectivity index (χ1v) is 14.7. The zero-order valence-electron chi connectivity index (χ0n) is 21.5. The van der Waals surface area contributed by atoms with Gasteiger partial charge in [0.1, 0.15) is 0 Å². The number of benzene rings is 1. The molecule has 0 spiro atoms. The molecule has 1 aromatic carbocycles. The first kappa shape index (κ1) is 29.5. The van der Waals surface area contributed by atoms with Crippen LogP contribution in [-0.2, 0) is 16.1 Å². The van der Waals surface area contributed by atoms with E-state index in [0.29, 0.717) is 13.2 Å². The van der Waals surface area contributed by atoms with Crippen LogP contribution in [0.2, 0.25) is 0 Å². The summed E-state index contributed by atoms with van der Waals surface area (Å²) in [5.41, 5.74) is 1.23. The lowest BCUT2D eigenvalue weighted by molar-refractivity contribution is -0.0259. The Morgan fingerprint density at radius 1 is 0.750 bits per heavy atom. The first-order chi connectivity index (χ1) is 15.7. The lowest BCUT2D eigenvalue weighted by atomic mass is 10.0. The fourth-order valence-corrected chi connectivity index (χ4v) is 4.76. The molecule has 0 fully saturated rings. The summed E-state index contributed by atoms with van der Waals surface area (Å²) in [6, 6.07) is 10.4. The van der Waals surface area contributed by atoms with Crippen LogP contribution in [0.5, 0.6) is 0 Å². The maximum absolute atomic E-state index is 5.98. The van der Waals surface area contributed by atoms with E-state index < -0.39 is 0 Å². The molecule has 186 valence electrons. The Balaban J connectivity index is 1.77. The quantitative estimate of drug-likeness (QED) is 0.150. The van der Waals surface area contributed by atoms with Crippen molar-refractivity contribution in [3.8, 4) is 0 Å². The van der Waals surface area contributed by atoms with E-state index in [1.54, 1.807) is 0 Å². The van der Waals surface area contributed by atoms with Crippen LogP contribution in [0.1, 0.15) is 110 Å². The second kappa shape index (κ2) is 22.3. The summed E-state index contributed by atoms with van der Waals surface area (Å²) in [5, 5.41) is 0. The fourth-order valence-electron chi connectivity index (χ4n) is 3.82. The van der Waals surface area contributed by atoms with Gasteiger partial charge in [0, 0.05) is 6.61 Å². The Bertz CT molecular complexity index is 491. The molecule has 2 nitrogen and oxygen atoms in total. The van der Waals surface area contributed by atoms with Crippen molar-refractivity contribution in [3.63, 3.8) is 0 Å². The molecule has 0 heterocycles. The second-order valence-electron chi connectivity index (χ2n) is 9.59. The number of hydrogen-bond acceptors (Lipinski definition) is 3. The van der Waals surface area contributed by atoms with Gasteiger partial charge in [-0.05, 0) is 42.2 Å².